The number of hydrogen-bond donors (Lipinski definition) is 2. The Balaban J connectivity index is 1.67. The lowest BCUT2D eigenvalue weighted by atomic mass is 10.2. The summed E-state index contributed by atoms with van der Waals surface area (Å²) in [6, 6.07) is 13.1. The van der Waals surface area contributed by atoms with Crippen molar-refractivity contribution in [3.63, 3.8) is 0 Å². The van der Waals surface area contributed by atoms with E-state index in [0.29, 0.717) is 5.82 Å². The molecule has 0 radical (unpaired) electrons. The number of furan rings is 1. The van der Waals surface area contributed by atoms with E-state index in [4.69, 9.17) is 9.15 Å². The molecule has 0 fully saturated rings. The molecule has 26 heavy (non-hydrogen) atoms. The van der Waals surface area contributed by atoms with Crippen LogP contribution in [0.25, 0.3) is 22.3 Å². The number of fused-ring (bicyclic) bond motifs is 1. The Hall–Kier alpha value is -3.48. The molecule has 4 aromatic rings. The average molecular weight is 350 g/mol. The number of carbonyl (C=O) groups excluding carboxylic acids is 1. The zero-order chi connectivity index (χ0) is 18.1. The van der Waals surface area contributed by atoms with Crippen molar-refractivity contribution < 1.29 is 13.9 Å². The van der Waals surface area contributed by atoms with Gasteiger partial charge in [-0.1, -0.05) is 0 Å². The van der Waals surface area contributed by atoms with Gasteiger partial charge in [-0.3, -0.25) is 9.89 Å². The van der Waals surface area contributed by atoms with E-state index in [9.17, 15) is 4.79 Å². The number of rotatable bonds is 5. The monoisotopic (exact) mass is 350 g/mol. The maximum absolute atomic E-state index is 12.1. The van der Waals surface area contributed by atoms with Gasteiger partial charge in [-0.2, -0.15) is 5.10 Å². The summed E-state index contributed by atoms with van der Waals surface area (Å²) in [7, 11) is 1.65. The van der Waals surface area contributed by atoms with Crippen LogP contribution in [0.15, 0.2) is 53.1 Å². The maximum atomic E-state index is 12.1. The van der Waals surface area contributed by atoms with E-state index in [1.807, 2.05) is 18.2 Å². The molecule has 0 saturated heterocycles. The van der Waals surface area contributed by atoms with Crippen molar-refractivity contribution in [3.05, 3.63) is 54.5 Å². The standard InChI is InChI=1S/C19H18N4O3/c1-3-23-15-7-6-13(25-2)9-12(15)10-16(23)14-11-18(22-21-14)20-19(24)17-5-4-8-26-17/h4-11H,3H2,1-2H3,(H2,20,21,22,24). The molecule has 7 nitrogen and oxygen atoms in total. The number of carbonyl (C=O) groups is 1. The predicted octanol–water partition coefficient (Wildman–Crippen LogP) is 3.91. The van der Waals surface area contributed by atoms with Gasteiger partial charge in [0.25, 0.3) is 5.91 Å². The Morgan fingerprint density at radius 1 is 1.31 bits per heavy atom. The van der Waals surface area contributed by atoms with E-state index >= 15 is 0 Å². The van der Waals surface area contributed by atoms with Crippen molar-refractivity contribution in [2.24, 2.45) is 0 Å². The molecule has 132 valence electrons. The summed E-state index contributed by atoms with van der Waals surface area (Å²) in [5, 5.41) is 11.0. The second-order valence-electron chi connectivity index (χ2n) is 5.80. The average Bonchev–Trinajstić information content (AvgIpc) is 3.39. The number of benzene rings is 1. The fourth-order valence-electron chi connectivity index (χ4n) is 3.04. The smallest absolute Gasteiger partial charge is 0.292 e. The van der Waals surface area contributed by atoms with E-state index in [1.54, 1.807) is 25.3 Å². The Morgan fingerprint density at radius 3 is 2.92 bits per heavy atom. The van der Waals surface area contributed by atoms with E-state index in [0.717, 1.165) is 34.6 Å². The molecule has 3 aromatic heterocycles. The molecule has 0 aliphatic heterocycles. The first-order valence-electron chi connectivity index (χ1n) is 8.27. The summed E-state index contributed by atoms with van der Waals surface area (Å²) in [6.07, 6.45) is 1.46. The SMILES string of the molecule is CCn1c(-c2cc(NC(=O)c3ccco3)n[nH]2)cc2cc(OC)ccc21. The van der Waals surface area contributed by atoms with Crippen LogP contribution in [0, 0.1) is 0 Å². The van der Waals surface area contributed by atoms with Crippen LogP contribution in [0.5, 0.6) is 5.75 Å². The minimum atomic E-state index is -0.339. The molecule has 1 amide bonds. The molecule has 7 heteroatoms. The van der Waals surface area contributed by atoms with Crippen molar-refractivity contribution in [1.29, 1.82) is 0 Å². The van der Waals surface area contributed by atoms with Gasteiger partial charge in [-0.05, 0) is 43.3 Å². The third-order valence-corrected chi connectivity index (χ3v) is 4.27. The van der Waals surface area contributed by atoms with Crippen LogP contribution in [0.1, 0.15) is 17.5 Å². The van der Waals surface area contributed by atoms with Crippen molar-refractivity contribution in [2.75, 3.05) is 12.4 Å². The minimum Gasteiger partial charge on any atom is -0.497 e. The summed E-state index contributed by atoms with van der Waals surface area (Å²) >= 11 is 0. The number of aromatic nitrogens is 3. The zero-order valence-electron chi connectivity index (χ0n) is 14.4. The topological polar surface area (TPSA) is 85.1 Å². The summed E-state index contributed by atoms with van der Waals surface area (Å²) in [4.78, 5) is 12.1. The van der Waals surface area contributed by atoms with Crippen molar-refractivity contribution in [2.45, 2.75) is 13.5 Å². The normalized spacial score (nSPS) is 11.0. The van der Waals surface area contributed by atoms with Crippen molar-refractivity contribution in [3.8, 4) is 17.1 Å². The van der Waals surface area contributed by atoms with E-state index in [2.05, 4.69) is 33.1 Å². The molecule has 0 aliphatic rings. The van der Waals surface area contributed by atoms with Gasteiger partial charge in [0.1, 0.15) is 5.75 Å². The second kappa shape index (κ2) is 6.44. The zero-order valence-corrected chi connectivity index (χ0v) is 14.4. The Kier molecular flexibility index (Phi) is 3.96. The highest BCUT2D eigenvalue weighted by Gasteiger charge is 2.15. The number of hydrogen-bond acceptors (Lipinski definition) is 4. The quantitative estimate of drug-likeness (QED) is 0.571. The molecule has 0 saturated carbocycles. The largest absolute Gasteiger partial charge is 0.497 e. The molecule has 0 spiro atoms. The Bertz CT molecular complexity index is 1060. The summed E-state index contributed by atoms with van der Waals surface area (Å²) in [5.41, 5.74) is 2.91. The lowest BCUT2D eigenvalue weighted by Gasteiger charge is -2.06. The molecular formula is C19H18N4O3. The molecule has 1 aromatic carbocycles. The number of ether oxygens (including phenoxy) is 1. The maximum Gasteiger partial charge on any atom is 0.292 e. The van der Waals surface area contributed by atoms with Crippen molar-refractivity contribution >= 4 is 22.6 Å². The van der Waals surface area contributed by atoms with Gasteiger partial charge in [0, 0.05) is 23.5 Å². The number of methoxy groups -OCH3 is 1. The van der Waals surface area contributed by atoms with Crippen molar-refractivity contribution in [1.82, 2.24) is 14.8 Å². The minimum absolute atomic E-state index is 0.240. The molecule has 2 N–H and O–H groups in total. The highest BCUT2D eigenvalue weighted by Crippen LogP contribution is 2.30. The molecule has 0 bridgehead atoms. The molecule has 0 unspecified atom stereocenters. The molecule has 4 rings (SSSR count). The number of anilines is 1. The van der Waals surface area contributed by atoms with E-state index < -0.39 is 0 Å². The van der Waals surface area contributed by atoms with Gasteiger partial charge >= 0.3 is 0 Å². The van der Waals surface area contributed by atoms with Gasteiger partial charge < -0.3 is 19.0 Å². The fraction of sp³-hybridized carbons (Fsp3) is 0.158. The Labute approximate surface area is 149 Å². The van der Waals surface area contributed by atoms with Gasteiger partial charge in [0.05, 0.1) is 24.8 Å². The first-order valence-corrected chi connectivity index (χ1v) is 8.27. The fourth-order valence-corrected chi connectivity index (χ4v) is 3.04. The first-order chi connectivity index (χ1) is 12.7. The number of nitrogens with zero attached hydrogens (tertiary/aromatic N) is 2. The van der Waals surface area contributed by atoms with Crippen LogP contribution in [-0.2, 0) is 6.54 Å². The van der Waals surface area contributed by atoms with Crippen LogP contribution >= 0.6 is 0 Å². The number of H-pyrrole nitrogens is 1. The Morgan fingerprint density at radius 2 is 2.19 bits per heavy atom. The highest BCUT2D eigenvalue weighted by atomic mass is 16.5. The lowest BCUT2D eigenvalue weighted by Crippen LogP contribution is -2.10. The summed E-state index contributed by atoms with van der Waals surface area (Å²) in [5.74, 6) is 1.15. The van der Waals surface area contributed by atoms with E-state index in [1.165, 1.54) is 6.26 Å². The molecule has 0 atom stereocenters. The molecular weight excluding hydrogens is 332 g/mol. The van der Waals surface area contributed by atoms with Crippen LogP contribution in [0.4, 0.5) is 5.82 Å². The number of nitrogens with one attached hydrogen (secondary N) is 2. The van der Waals surface area contributed by atoms with Crippen LogP contribution in [0.2, 0.25) is 0 Å². The highest BCUT2D eigenvalue weighted by molar-refractivity contribution is 6.02. The first kappa shape index (κ1) is 16.0. The van der Waals surface area contributed by atoms with Gasteiger partial charge in [0.15, 0.2) is 11.6 Å². The second-order valence-corrected chi connectivity index (χ2v) is 5.80. The van der Waals surface area contributed by atoms with Gasteiger partial charge in [-0.15, -0.1) is 0 Å². The van der Waals surface area contributed by atoms with Gasteiger partial charge in [0.2, 0.25) is 0 Å². The summed E-state index contributed by atoms with van der Waals surface area (Å²) in [6.45, 7) is 2.89. The van der Waals surface area contributed by atoms with Crippen LogP contribution < -0.4 is 10.1 Å². The van der Waals surface area contributed by atoms with Crippen LogP contribution in [-0.4, -0.2) is 27.8 Å². The number of aryl methyl sites for hydroxylation is 1. The van der Waals surface area contributed by atoms with Crippen LogP contribution in [0.3, 0.4) is 0 Å². The summed E-state index contributed by atoms with van der Waals surface area (Å²) < 4.78 is 12.6. The number of amides is 1. The number of aromatic amines is 1. The third kappa shape index (κ3) is 2.73. The predicted molar refractivity (Wildman–Crippen MR) is 98.4 cm³/mol. The third-order valence-electron chi connectivity index (χ3n) is 4.27. The molecule has 0 aliphatic carbocycles. The lowest BCUT2D eigenvalue weighted by molar-refractivity contribution is 0.0996. The van der Waals surface area contributed by atoms with Gasteiger partial charge in [-0.25, -0.2) is 0 Å². The van der Waals surface area contributed by atoms with E-state index in [-0.39, 0.29) is 11.7 Å². The molecule has 3 heterocycles.